The van der Waals surface area contributed by atoms with E-state index in [0.717, 1.165) is 35.7 Å². The lowest BCUT2D eigenvalue weighted by molar-refractivity contribution is 0.0689. The van der Waals surface area contributed by atoms with Crippen LogP contribution in [0, 0.1) is 6.92 Å². The van der Waals surface area contributed by atoms with Gasteiger partial charge in [0, 0.05) is 12.6 Å². The zero-order valence-electron chi connectivity index (χ0n) is 12.5. The van der Waals surface area contributed by atoms with E-state index in [1.54, 1.807) is 7.05 Å². The molecule has 0 bridgehead atoms. The van der Waals surface area contributed by atoms with Crippen LogP contribution in [0.5, 0.6) is 5.75 Å². The van der Waals surface area contributed by atoms with Gasteiger partial charge >= 0.3 is 5.97 Å². The number of phenolic OH excluding ortho intramolecular Hbond substituents is 1. The minimum Gasteiger partial charge on any atom is -0.506 e. The second-order valence-corrected chi connectivity index (χ2v) is 6.46. The number of benzene rings is 1. The third-order valence-electron chi connectivity index (χ3n) is 4.36. The van der Waals surface area contributed by atoms with E-state index in [9.17, 15) is 9.90 Å². The lowest BCUT2D eigenvalue weighted by Gasteiger charge is -2.23. The van der Waals surface area contributed by atoms with Crippen LogP contribution in [0.1, 0.15) is 40.0 Å². The van der Waals surface area contributed by atoms with Gasteiger partial charge < -0.3 is 10.2 Å². The Balaban J connectivity index is 2.28. The minimum atomic E-state index is -1.07. The van der Waals surface area contributed by atoms with E-state index in [1.165, 1.54) is 21.9 Å². The summed E-state index contributed by atoms with van der Waals surface area (Å²) in [4.78, 5) is 11.1. The quantitative estimate of drug-likeness (QED) is 0.855. The Morgan fingerprint density at radius 2 is 1.95 bits per heavy atom. The van der Waals surface area contributed by atoms with Crippen molar-refractivity contribution >= 4 is 21.9 Å². The van der Waals surface area contributed by atoms with Crippen molar-refractivity contribution in [3.8, 4) is 17.0 Å². The largest absolute Gasteiger partial charge is 0.506 e. The Hall–Kier alpha value is -1.82. The van der Waals surface area contributed by atoms with Crippen LogP contribution in [0.25, 0.3) is 11.3 Å². The summed E-state index contributed by atoms with van der Waals surface area (Å²) in [7, 11) is 1.69. The number of aromatic nitrogens is 2. The summed E-state index contributed by atoms with van der Waals surface area (Å²) >= 11 is 3.51. The minimum absolute atomic E-state index is 0.0230. The molecule has 0 aliphatic heterocycles. The van der Waals surface area contributed by atoms with Crippen LogP contribution in [0.2, 0.25) is 0 Å². The van der Waals surface area contributed by atoms with E-state index >= 15 is 0 Å². The highest BCUT2D eigenvalue weighted by Crippen LogP contribution is 2.45. The van der Waals surface area contributed by atoms with Gasteiger partial charge in [0.05, 0.1) is 10.2 Å². The number of rotatable bonds is 2. The topological polar surface area (TPSA) is 75.3 Å². The third kappa shape index (κ3) is 2.22. The molecule has 2 N–H and O–H groups in total. The Bertz CT molecular complexity index is 780. The van der Waals surface area contributed by atoms with Crippen molar-refractivity contribution in [3.05, 3.63) is 32.9 Å². The molecule has 3 rings (SSSR count). The van der Waals surface area contributed by atoms with Crippen molar-refractivity contribution in [1.82, 2.24) is 9.78 Å². The lowest BCUT2D eigenvalue weighted by atomic mass is 9.85. The van der Waals surface area contributed by atoms with Gasteiger partial charge in [-0.15, -0.1) is 0 Å². The highest BCUT2D eigenvalue weighted by atomic mass is 79.9. The molecule has 22 heavy (non-hydrogen) atoms. The molecule has 1 heterocycles. The molecule has 0 amide bonds. The molecule has 116 valence electrons. The number of phenols is 1. The van der Waals surface area contributed by atoms with Crippen LogP contribution in [0.4, 0.5) is 0 Å². The SMILES string of the molecule is Cc1c2c(c(Br)c(O)c1-c1cc(C(=O)O)nn1C)CCCC2. The zero-order valence-corrected chi connectivity index (χ0v) is 14.1. The highest BCUT2D eigenvalue weighted by molar-refractivity contribution is 9.10. The number of carboxylic acid groups (broad SMARTS) is 1. The number of fused-ring (bicyclic) bond motifs is 1. The van der Waals surface area contributed by atoms with Crippen molar-refractivity contribution < 1.29 is 15.0 Å². The van der Waals surface area contributed by atoms with E-state index < -0.39 is 5.97 Å². The van der Waals surface area contributed by atoms with E-state index in [2.05, 4.69) is 21.0 Å². The summed E-state index contributed by atoms with van der Waals surface area (Å²) in [5.41, 5.74) is 4.69. The lowest BCUT2D eigenvalue weighted by Crippen LogP contribution is -2.08. The van der Waals surface area contributed by atoms with Crippen LogP contribution in [0.3, 0.4) is 0 Å². The summed E-state index contributed by atoms with van der Waals surface area (Å²) in [6.07, 6.45) is 4.20. The number of nitrogens with zero attached hydrogens (tertiary/aromatic N) is 2. The average molecular weight is 365 g/mol. The molecule has 0 spiro atoms. The smallest absolute Gasteiger partial charge is 0.356 e. The van der Waals surface area contributed by atoms with Crippen molar-refractivity contribution in [2.24, 2.45) is 7.05 Å². The van der Waals surface area contributed by atoms with Gasteiger partial charge in [-0.05, 0) is 71.3 Å². The maximum atomic E-state index is 11.1. The first-order chi connectivity index (χ1) is 10.4. The standard InChI is InChI=1S/C16H17BrN2O3/c1-8-9-5-3-4-6-10(9)14(17)15(20)13(8)12-7-11(16(21)22)18-19(12)2/h7,20H,3-6H2,1-2H3,(H,21,22). The van der Waals surface area contributed by atoms with Crippen LogP contribution in [-0.4, -0.2) is 26.0 Å². The number of aromatic hydroxyl groups is 1. The highest BCUT2D eigenvalue weighted by Gasteiger charge is 2.25. The monoisotopic (exact) mass is 364 g/mol. The fourth-order valence-corrected chi connectivity index (χ4v) is 3.90. The molecule has 0 atom stereocenters. The van der Waals surface area contributed by atoms with Gasteiger partial charge in [0.15, 0.2) is 5.69 Å². The number of hydrogen-bond donors (Lipinski definition) is 2. The second-order valence-electron chi connectivity index (χ2n) is 5.67. The number of halogens is 1. The van der Waals surface area contributed by atoms with Gasteiger partial charge in [0.2, 0.25) is 0 Å². The molecular formula is C16H17BrN2O3. The number of carboxylic acids is 1. The number of hydrogen-bond acceptors (Lipinski definition) is 3. The second kappa shape index (κ2) is 5.43. The number of aryl methyl sites for hydroxylation is 1. The van der Waals surface area contributed by atoms with Crippen molar-refractivity contribution in [2.75, 3.05) is 0 Å². The van der Waals surface area contributed by atoms with Gasteiger partial charge in [-0.1, -0.05) is 0 Å². The summed E-state index contributed by atoms with van der Waals surface area (Å²) in [6, 6.07) is 1.51. The molecule has 0 saturated heterocycles. The Labute approximate surface area is 136 Å². The van der Waals surface area contributed by atoms with Gasteiger partial charge in [0.25, 0.3) is 0 Å². The van der Waals surface area contributed by atoms with Crippen LogP contribution in [-0.2, 0) is 19.9 Å². The predicted molar refractivity (Wildman–Crippen MR) is 86.3 cm³/mol. The van der Waals surface area contributed by atoms with Gasteiger partial charge in [-0.25, -0.2) is 4.79 Å². The molecule has 0 fully saturated rings. The van der Waals surface area contributed by atoms with Crippen molar-refractivity contribution in [2.45, 2.75) is 32.6 Å². The summed E-state index contributed by atoms with van der Waals surface area (Å²) in [6.45, 7) is 1.99. The molecule has 1 aromatic carbocycles. The van der Waals surface area contributed by atoms with Gasteiger partial charge in [-0.3, -0.25) is 4.68 Å². The van der Waals surface area contributed by atoms with Crippen LogP contribution in [0.15, 0.2) is 10.5 Å². The summed E-state index contributed by atoms with van der Waals surface area (Å²) < 4.78 is 2.23. The predicted octanol–water partition coefficient (Wildman–Crippen LogP) is 3.44. The Kier molecular flexibility index (Phi) is 3.72. The molecule has 1 aliphatic rings. The third-order valence-corrected chi connectivity index (χ3v) is 5.21. The number of carbonyl (C=O) groups is 1. The first kappa shape index (κ1) is 15.1. The van der Waals surface area contributed by atoms with E-state index in [0.29, 0.717) is 11.3 Å². The molecule has 0 radical (unpaired) electrons. The first-order valence-electron chi connectivity index (χ1n) is 7.22. The molecule has 1 aliphatic carbocycles. The van der Waals surface area contributed by atoms with E-state index in [-0.39, 0.29) is 11.4 Å². The Morgan fingerprint density at radius 1 is 1.32 bits per heavy atom. The fourth-order valence-electron chi connectivity index (χ4n) is 3.26. The first-order valence-corrected chi connectivity index (χ1v) is 8.01. The fraction of sp³-hybridized carbons (Fsp3) is 0.375. The average Bonchev–Trinajstić information content (AvgIpc) is 2.87. The van der Waals surface area contributed by atoms with Gasteiger partial charge in [-0.2, -0.15) is 5.10 Å². The molecule has 5 nitrogen and oxygen atoms in total. The normalized spacial score (nSPS) is 14.0. The van der Waals surface area contributed by atoms with Crippen LogP contribution < -0.4 is 0 Å². The molecule has 1 aromatic heterocycles. The van der Waals surface area contributed by atoms with E-state index in [1.807, 2.05) is 6.92 Å². The summed E-state index contributed by atoms with van der Waals surface area (Å²) in [5, 5.41) is 23.7. The maximum Gasteiger partial charge on any atom is 0.356 e. The molecule has 2 aromatic rings. The van der Waals surface area contributed by atoms with E-state index in [4.69, 9.17) is 5.11 Å². The molecule has 0 saturated carbocycles. The molecule has 0 unspecified atom stereocenters. The number of aromatic carboxylic acids is 1. The molecular weight excluding hydrogens is 348 g/mol. The van der Waals surface area contributed by atoms with Gasteiger partial charge in [0.1, 0.15) is 5.75 Å². The Morgan fingerprint density at radius 3 is 2.55 bits per heavy atom. The summed E-state index contributed by atoms with van der Waals surface area (Å²) in [5.74, 6) is -0.908. The molecule has 6 heteroatoms. The van der Waals surface area contributed by atoms with Crippen LogP contribution >= 0.6 is 15.9 Å². The maximum absolute atomic E-state index is 11.1. The van der Waals surface area contributed by atoms with Crippen molar-refractivity contribution in [1.29, 1.82) is 0 Å². The zero-order chi connectivity index (χ0) is 16.0. The van der Waals surface area contributed by atoms with Crippen molar-refractivity contribution in [3.63, 3.8) is 0 Å².